The first-order valence-electron chi connectivity index (χ1n) is 5.52. The van der Waals surface area contributed by atoms with Crippen molar-refractivity contribution in [2.75, 3.05) is 5.32 Å². The summed E-state index contributed by atoms with van der Waals surface area (Å²) >= 11 is 0. The summed E-state index contributed by atoms with van der Waals surface area (Å²) in [6, 6.07) is 7.42. The minimum atomic E-state index is -0.496. The molecular formula is C12H9FN6. The van der Waals surface area contributed by atoms with Gasteiger partial charge in [-0.3, -0.25) is 0 Å². The van der Waals surface area contributed by atoms with Crippen molar-refractivity contribution in [3.63, 3.8) is 0 Å². The van der Waals surface area contributed by atoms with E-state index in [0.717, 1.165) is 0 Å². The van der Waals surface area contributed by atoms with E-state index in [1.807, 2.05) is 0 Å². The van der Waals surface area contributed by atoms with Crippen LogP contribution in [0.5, 0.6) is 0 Å². The predicted octanol–water partition coefficient (Wildman–Crippen LogP) is 1.13. The number of hydrogen-bond donors (Lipinski definition) is 2. The number of hydrogen-bond acceptors (Lipinski definition) is 5. The Morgan fingerprint density at radius 3 is 2.79 bits per heavy atom. The smallest absolute Gasteiger partial charge is 0.227 e. The van der Waals surface area contributed by atoms with Crippen molar-refractivity contribution in [3.05, 3.63) is 53.4 Å². The number of anilines is 1. The second kappa shape index (κ2) is 4.10. The molecule has 1 aromatic carbocycles. The van der Waals surface area contributed by atoms with Crippen molar-refractivity contribution in [2.24, 2.45) is 5.73 Å². The standard InChI is InChI=1S/C12H9FN6/c13-8-3-1-7(2-4-8)10-9(5-14)11(15)18-12-16-6-17-19(10)12/h1-4,6,10H,15H2,(H,16,17,18)/t10-/m0/s1. The van der Waals surface area contributed by atoms with Gasteiger partial charge < -0.3 is 11.1 Å². The summed E-state index contributed by atoms with van der Waals surface area (Å²) in [6.07, 6.45) is 1.37. The van der Waals surface area contributed by atoms with Crippen LogP contribution in [-0.4, -0.2) is 14.8 Å². The highest BCUT2D eigenvalue weighted by Gasteiger charge is 2.29. The van der Waals surface area contributed by atoms with Crippen LogP contribution in [0.3, 0.4) is 0 Å². The Balaban J connectivity index is 2.18. The third-order valence-electron chi connectivity index (χ3n) is 2.93. The van der Waals surface area contributed by atoms with E-state index >= 15 is 0 Å². The summed E-state index contributed by atoms with van der Waals surface area (Å²) in [5.74, 6) is 0.343. The zero-order valence-corrected chi connectivity index (χ0v) is 9.71. The highest BCUT2D eigenvalue weighted by molar-refractivity contribution is 5.50. The van der Waals surface area contributed by atoms with E-state index in [4.69, 9.17) is 5.73 Å². The summed E-state index contributed by atoms with van der Waals surface area (Å²) < 4.78 is 14.5. The first-order valence-corrected chi connectivity index (χ1v) is 5.52. The zero-order chi connectivity index (χ0) is 13.4. The monoisotopic (exact) mass is 256 g/mol. The van der Waals surface area contributed by atoms with Crippen LogP contribution >= 0.6 is 0 Å². The van der Waals surface area contributed by atoms with Crippen LogP contribution in [-0.2, 0) is 0 Å². The second-order valence-corrected chi connectivity index (χ2v) is 4.05. The van der Waals surface area contributed by atoms with Crippen molar-refractivity contribution in [1.82, 2.24) is 14.8 Å². The molecule has 0 bridgehead atoms. The van der Waals surface area contributed by atoms with Gasteiger partial charge in [0, 0.05) is 0 Å². The Kier molecular flexibility index (Phi) is 2.42. The Morgan fingerprint density at radius 1 is 1.37 bits per heavy atom. The highest BCUT2D eigenvalue weighted by atomic mass is 19.1. The van der Waals surface area contributed by atoms with E-state index < -0.39 is 6.04 Å². The molecule has 0 saturated heterocycles. The van der Waals surface area contributed by atoms with Crippen molar-refractivity contribution in [1.29, 1.82) is 5.26 Å². The molecule has 1 aliphatic rings. The number of allylic oxidation sites excluding steroid dienone is 1. The number of benzene rings is 1. The van der Waals surface area contributed by atoms with Gasteiger partial charge in [-0.15, -0.1) is 0 Å². The maximum atomic E-state index is 13.0. The van der Waals surface area contributed by atoms with Crippen molar-refractivity contribution < 1.29 is 4.39 Å². The Bertz CT molecular complexity index is 694. The average molecular weight is 256 g/mol. The van der Waals surface area contributed by atoms with E-state index in [-0.39, 0.29) is 11.6 Å². The van der Waals surface area contributed by atoms with E-state index in [2.05, 4.69) is 21.5 Å². The lowest BCUT2D eigenvalue weighted by Gasteiger charge is -2.25. The average Bonchev–Trinajstić information content (AvgIpc) is 2.86. The van der Waals surface area contributed by atoms with E-state index in [1.54, 1.807) is 16.8 Å². The van der Waals surface area contributed by atoms with Crippen LogP contribution in [0.4, 0.5) is 10.3 Å². The number of nitrogens with one attached hydrogen (secondary N) is 1. The molecule has 1 aromatic heterocycles. The minimum Gasteiger partial charge on any atom is -0.384 e. The molecule has 0 spiro atoms. The molecule has 2 heterocycles. The van der Waals surface area contributed by atoms with Crippen LogP contribution in [0.25, 0.3) is 0 Å². The van der Waals surface area contributed by atoms with E-state index in [9.17, 15) is 9.65 Å². The van der Waals surface area contributed by atoms with Crippen molar-refractivity contribution in [3.8, 4) is 6.07 Å². The molecule has 0 amide bonds. The van der Waals surface area contributed by atoms with Gasteiger partial charge in [-0.25, -0.2) is 9.07 Å². The van der Waals surface area contributed by atoms with Gasteiger partial charge in [0.25, 0.3) is 0 Å². The molecule has 94 valence electrons. The molecule has 7 heteroatoms. The maximum absolute atomic E-state index is 13.0. The highest BCUT2D eigenvalue weighted by Crippen LogP contribution is 2.32. The molecule has 0 unspecified atom stereocenters. The molecule has 2 aromatic rings. The van der Waals surface area contributed by atoms with E-state index in [1.165, 1.54) is 18.5 Å². The summed E-state index contributed by atoms with van der Waals surface area (Å²) in [5, 5.41) is 16.1. The first kappa shape index (κ1) is 11.2. The van der Waals surface area contributed by atoms with Gasteiger partial charge in [0.2, 0.25) is 5.95 Å². The summed E-state index contributed by atoms with van der Waals surface area (Å²) in [7, 11) is 0. The molecular weight excluding hydrogens is 247 g/mol. The normalized spacial score (nSPS) is 17.6. The molecule has 1 atom stereocenters. The van der Waals surface area contributed by atoms with Crippen LogP contribution < -0.4 is 11.1 Å². The minimum absolute atomic E-state index is 0.234. The molecule has 0 aliphatic carbocycles. The summed E-state index contributed by atoms with van der Waals surface area (Å²) in [5.41, 5.74) is 6.85. The number of nitrogens with zero attached hydrogens (tertiary/aromatic N) is 4. The SMILES string of the molecule is N#CC1=C(N)Nc2ncnn2[C@H]1c1ccc(F)cc1. The molecule has 6 nitrogen and oxygen atoms in total. The lowest BCUT2D eigenvalue weighted by molar-refractivity contribution is 0.581. The van der Waals surface area contributed by atoms with Gasteiger partial charge in [0.1, 0.15) is 30.1 Å². The fourth-order valence-corrected chi connectivity index (χ4v) is 2.06. The summed E-state index contributed by atoms with van der Waals surface area (Å²) in [4.78, 5) is 4.01. The van der Waals surface area contributed by atoms with Crippen LogP contribution in [0.1, 0.15) is 11.6 Å². The van der Waals surface area contributed by atoms with Gasteiger partial charge in [-0.1, -0.05) is 12.1 Å². The predicted molar refractivity (Wildman–Crippen MR) is 65.0 cm³/mol. The third kappa shape index (κ3) is 1.70. The number of nitrogens with two attached hydrogens (primary N) is 1. The Hall–Kier alpha value is -2.88. The van der Waals surface area contributed by atoms with Gasteiger partial charge in [-0.2, -0.15) is 15.3 Å². The molecule has 0 saturated carbocycles. The number of fused-ring (bicyclic) bond motifs is 1. The van der Waals surface area contributed by atoms with E-state index in [0.29, 0.717) is 17.1 Å². The Labute approximate surface area is 108 Å². The summed E-state index contributed by atoms with van der Waals surface area (Å²) in [6.45, 7) is 0. The van der Waals surface area contributed by atoms with Gasteiger partial charge in [-0.05, 0) is 17.7 Å². The lowest BCUT2D eigenvalue weighted by atomic mass is 9.98. The Morgan fingerprint density at radius 2 is 2.11 bits per heavy atom. The van der Waals surface area contributed by atoms with Gasteiger partial charge in [0.05, 0.1) is 5.57 Å². The molecule has 19 heavy (non-hydrogen) atoms. The number of halogens is 1. The van der Waals surface area contributed by atoms with Crippen molar-refractivity contribution in [2.45, 2.75) is 6.04 Å². The second-order valence-electron chi connectivity index (χ2n) is 4.05. The molecule has 3 N–H and O–H groups in total. The molecule has 0 fully saturated rings. The quantitative estimate of drug-likeness (QED) is 0.797. The van der Waals surface area contributed by atoms with Gasteiger partial charge >= 0.3 is 0 Å². The topological polar surface area (TPSA) is 92.6 Å². The molecule has 3 rings (SSSR count). The lowest BCUT2D eigenvalue weighted by Crippen LogP contribution is -2.28. The largest absolute Gasteiger partial charge is 0.384 e. The van der Waals surface area contributed by atoms with Crippen LogP contribution in [0.15, 0.2) is 42.0 Å². The third-order valence-corrected chi connectivity index (χ3v) is 2.93. The molecule has 0 radical (unpaired) electrons. The van der Waals surface area contributed by atoms with Crippen molar-refractivity contribution >= 4 is 5.95 Å². The van der Waals surface area contributed by atoms with Gasteiger partial charge in [0.15, 0.2) is 0 Å². The first-order chi connectivity index (χ1) is 9.20. The number of rotatable bonds is 1. The maximum Gasteiger partial charge on any atom is 0.227 e. The number of aromatic nitrogens is 3. The fraction of sp³-hybridized carbons (Fsp3) is 0.0833. The van der Waals surface area contributed by atoms with Crippen LogP contribution in [0.2, 0.25) is 0 Å². The molecule has 1 aliphatic heterocycles. The zero-order valence-electron chi connectivity index (χ0n) is 9.71. The fourth-order valence-electron chi connectivity index (χ4n) is 2.06. The van der Waals surface area contributed by atoms with Crippen LogP contribution in [0, 0.1) is 17.1 Å². The number of nitriles is 1.